The minimum Gasteiger partial charge on any atom is -0.714 e. The molecule has 0 amide bonds. The summed E-state index contributed by atoms with van der Waals surface area (Å²) in [4.78, 5) is 0. The van der Waals surface area contributed by atoms with Gasteiger partial charge in [-0.2, -0.15) is 0 Å². The summed E-state index contributed by atoms with van der Waals surface area (Å²) >= 11 is 0. The Kier molecular flexibility index (Phi) is 10.5. The molecule has 66 heavy (non-hydrogen) atoms. The van der Waals surface area contributed by atoms with Crippen molar-refractivity contribution in [2.75, 3.05) is 0 Å². The quantitative estimate of drug-likeness (QED) is 0.163. The van der Waals surface area contributed by atoms with Crippen molar-refractivity contribution in [3.8, 4) is 23.7 Å². The van der Waals surface area contributed by atoms with E-state index < -0.39 is 44.3 Å². The first-order chi connectivity index (χ1) is 30.1. The molecular formula is C50H58N8O8. The minimum absolute atomic E-state index is 0.180. The number of nitrogens with zero attached hydrogens (tertiary/aromatic N) is 8. The van der Waals surface area contributed by atoms with Gasteiger partial charge in [-0.3, -0.25) is 19.0 Å². The highest BCUT2D eigenvalue weighted by atomic mass is 16.6. The molecule has 4 heterocycles. The van der Waals surface area contributed by atoms with Gasteiger partial charge >= 0.3 is 23.3 Å². The molecule has 7 rings (SSSR count). The number of hydroxylamine groups is 12. The Morgan fingerprint density at radius 3 is 0.758 bits per heavy atom. The Labute approximate surface area is 387 Å². The summed E-state index contributed by atoms with van der Waals surface area (Å²) < 4.78 is 2.65. The standard InChI is InChI=1S/C50H58N8O8/c1-43(2)44(3,4)52(60)39(51(43)59)35-25-33(26-36(29-35)40-53(61)45(5,6)46(7,8)54(40)62)22-20-31-18-17-19-32(24-31)21-23-34-27-37(41-55(63)47(9,10)48(11,12)56(41)64)30-38(28-34)42-57(65)49(13,14)50(15,16)58(42)66/h17-19,24-30H,1-16H3. The molecule has 4 radical (unpaired) electrons. The molecular weight excluding hydrogens is 841 g/mol. The summed E-state index contributed by atoms with van der Waals surface area (Å²) in [6.07, 6.45) is 0. The molecule has 0 aliphatic carbocycles. The van der Waals surface area contributed by atoms with Gasteiger partial charge in [0.05, 0.1) is 22.3 Å². The van der Waals surface area contributed by atoms with E-state index >= 15 is 0 Å². The first-order valence-corrected chi connectivity index (χ1v) is 21.8. The molecule has 4 aliphatic rings. The molecule has 0 bridgehead atoms. The lowest BCUT2D eigenvalue weighted by Gasteiger charge is -2.32. The predicted molar refractivity (Wildman–Crippen MR) is 245 cm³/mol. The zero-order chi connectivity index (χ0) is 49.4. The summed E-state index contributed by atoms with van der Waals surface area (Å²) in [6, 6.07) is 16.3. The minimum atomic E-state index is -1.14. The number of hydrogen-bond donors (Lipinski definition) is 0. The van der Waals surface area contributed by atoms with Crippen LogP contribution in [0.4, 0.5) is 0 Å². The van der Waals surface area contributed by atoms with Gasteiger partial charge in [-0.15, -0.1) is 0 Å². The monoisotopic (exact) mass is 898 g/mol. The molecule has 0 spiro atoms. The molecule has 346 valence electrons. The molecule has 0 aromatic heterocycles. The number of rotatable bonds is 4. The molecule has 4 aliphatic heterocycles. The number of benzene rings is 3. The molecule has 0 fully saturated rings. The van der Waals surface area contributed by atoms with Gasteiger partial charge < -0.3 is 20.8 Å². The van der Waals surface area contributed by atoms with Crippen molar-refractivity contribution in [3.63, 3.8) is 0 Å². The van der Waals surface area contributed by atoms with Gasteiger partial charge in [-0.1, -0.05) is 50.0 Å². The van der Waals surface area contributed by atoms with Gasteiger partial charge in [-0.25, -0.2) is 0 Å². The van der Waals surface area contributed by atoms with Crippen LogP contribution in [0.15, 0.2) is 60.7 Å². The highest BCUT2D eigenvalue weighted by molar-refractivity contribution is 6.03. The van der Waals surface area contributed by atoms with Crippen molar-refractivity contribution >= 4 is 23.3 Å². The number of amidine groups is 4. The van der Waals surface area contributed by atoms with Gasteiger partial charge in [0.15, 0.2) is 22.2 Å². The van der Waals surface area contributed by atoms with E-state index in [-0.39, 0.29) is 45.6 Å². The molecule has 0 atom stereocenters. The third-order valence-corrected chi connectivity index (χ3v) is 16.1. The Hall–Kier alpha value is -6.30. The van der Waals surface area contributed by atoms with Crippen LogP contribution in [-0.4, -0.2) is 107 Å². The smallest absolute Gasteiger partial charge is 0.316 e. The van der Waals surface area contributed by atoms with Crippen molar-refractivity contribution < 1.29 is 39.8 Å². The summed E-state index contributed by atoms with van der Waals surface area (Å²) in [5.41, 5.74) is -6.67. The van der Waals surface area contributed by atoms with Crippen molar-refractivity contribution in [3.05, 3.63) is 126 Å². The van der Waals surface area contributed by atoms with Crippen LogP contribution in [0.25, 0.3) is 0 Å². The second-order valence-corrected chi connectivity index (χ2v) is 21.8. The van der Waals surface area contributed by atoms with E-state index in [2.05, 4.69) is 23.7 Å². The van der Waals surface area contributed by atoms with Crippen molar-refractivity contribution in [1.29, 1.82) is 0 Å². The lowest BCUT2D eigenvalue weighted by atomic mass is 9.84. The van der Waals surface area contributed by atoms with Crippen LogP contribution in [0.1, 0.15) is 155 Å². The summed E-state index contributed by atoms with van der Waals surface area (Å²) in [5.74, 6) is 11.7. The third-order valence-electron chi connectivity index (χ3n) is 16.1. The highest BCUT2D eigenvalue weighted by Gasteiger charge is 2.64. The third kappa shape index (κ3) is 6.44. The fourth-order valence-electron chi connectivity index (χ4n) is 8.25. The Balaban J connectivity index is 1.33. The Morgan fingerprint density at radius 1 is 0.348 bits per heavy atom. The molecule has 3 aromatic carbocycles. The molecule has 0 N–H and O–H groups in total. The van der Waals surface area contributed by atoms with E-state index in [0.29, 0.717) is 61.5 Å². The maximum absolute atomic E-state index is 13.8. The molecule has 0 saturated carbocycles. The van der Waals surface area contributed by atoms with Gasteiger partial charge in [0.25, 0.3) is 0 Å². The predicted octanol–water partition coefficient (Wildman–Crippen LogP) is 6.39. The first kappa shape index (κ1) is 47.7. The van der Waals surface area contributed by atoms with E-state index in [4.69, 9.17) is 0 Å². The topological polar surface area (TPSA) is 197 Å². The summed E-state index contributed by atoms with van der Waals surface area (Å²) in [6.45, 7) is 26.8. The summed E-state index contributed by atoms with van der Waals surface area (Å²) in [7, 11) is 0. The van der Waals surface area contributed by atoms with E-state index in [0.717, 1.165) is 0 Å². The van der Waals surface area contributed by atoms with Gasteiger partial charge in [0.1, 0.15) is 22.2 Å². The highest BCUT2D eigenvalue weighted by Crippen LogP contribution is 2.42. The average Bonchev–Trinajstić information content (AvgIpc) is 3.56. The van der Waals surface area contributed by atoms with Crippen LogP contribution in [-0.2, 0) is 20.8 Å². The largest absolute Gasteiger partial charge is 0.714 e. The molecule has 0 unspecified atom stereocenters. The van der Waals surface area contributed by atoms with Crippen LogP contribution < -0.4 is 0 Å². The van der Waals surface area contributed by atoms with E-state index in [9.17, 15) is 41.7 Å². The summed E-state index contributed by atoms with van der Waals surface area (Å²) in [5, 5.41) is 113. The zero-order valence-corrected chi connectivity index (χ0v) is 40.6. The maximum atomic E-state index is 13.8. The molecule has 0 saturated heterocycles. The van der Waals surface area contributed by atoms with Gasteiger partial charge in [0.2, 0.25) is 0 Å². The van der Waals surface area contributed by atoms with Crippen LogP contribution in [0.5, 0.6) is 0 Å². The van der Waals surface area contributed by atoms with E-state index in [1.807, 2.05) is 0 Å². The maximum Gasteiger partial charge on any atom is 0.316 e. The fraction of sp³-hybridized carbons (Fsp3) is 0.480. The lowest BCUT2D eigenvalue weighted by Crippen LogP contribution is -2.53. The van der Waals surface area contributed by atoms with Crippen LogP contribution in [0.3, 0.4) is 0 Å². The van der Waals surface area contributed by atoms with Crippen LogP contribution in [0.2, 0.25) is 0 Å². The molecule has 16 heteroatoms. The average molecular weight is 899 g/mol. The fourth-order valence-corrected chi connectivity index (χ4v) is 8.25. The van der Waals surface area contributed by atoms with Crippen LogP contribution >= 0.6 is 0 Å². The van der Waals surface area contributed by atoms with E-state index in [1.165, 1.54) is 12.1 Å². The Bertz CT molecular complexity index is 2530. The normalized spacial score (nSPS) is 22.8. The van der Waals surface area contributed by atoms with Crippen LogP contribution in [0, 0.1) is 44.5 Å². The second kappa shape index (κ2) is 14.6. The van der Waals surface area contributed by atoms with E-state index in [1.54, 1.807) is 159 Å². The van der Waals surface area contributed by atoms with Crippen molar-refractivity contribution in [1.82, 2.24) is 20.3 Å². The lowest BCUT2D eigenvalue weighted by molar-refractivity contribution is -0.540. The molecule has 16 nitrogen and oxygen atoms in total. The Morgan fingerprint density at radius 2 is 0.561 bits per heavy atom. The van der Waals surface area contributed by atoms with Crippen molar-refractivity contribution in [2.24, 2.45) is 0 Å². The van der Waals surface area contributed by atoms with Gasteiger partial charge in [0, 0.05) is 43.1 Å². The van der Waals surface area contributed by atoms with Gasteiger partial charge in [-0.05, 0) is 165 Å². The first-order valence-electron chi connectivity index (χ1n) is 21.8. The number of hydrogen-bond acceptors (Lipinski definition) is 8. The zero-order valence-electron chi connectivity index (χ0n) is 40.6. The SMILES string of the molecule is CC1(C)N([O])C(c2cc(C#Cc3cccc(C#Cc4cc(C5=[N+]([O-])C(C)(C)C(C)(C)N5[O])cc(C5=[N+]([O-])C(C)(C)C(C)(C)N5[O])c4)c3)cc(C3=[N+]([O-])C(C)(C)C(C)(C)N3[O])c2)=[N+]([O-])C1(C)C. The molecule has 3 aromatic rings. The second-order valence-electron chi connectivity index (χ2n) is 21.8. The van der Waals surface area contributed by atoms with Crippen molar-refractivity contribution in [2.45, 2.75) is 155 Å².